The molecule has 0 amide bonds. The molecule has 2 N–H and O–H groups in total. The number of rotatable bonds is 3. The van der Waals surface area contributed by atoms with Gasteiger partial charge in [-0.3, -0.25) is 4.68 Å². The first-order valence-electron chi connectivity index (χ1n) is 6.77. The van der Waals surface area contributed by atoms with Crippen LogP contribution in [-0.4, -0.2) is 26.8 Å². The zero-order valence-electron chi connectivity index (χ0n) is 12.4. The Morgan fingerprint density at radius 3 is 2.76 bits per heavy atom. The molecular formula is C15H18N6. The van der Waals surface area contributed by atoms with Gasteiger partial charge < -0.3 is 10.6 Å². The summed E-state index contributed by atoms with van der Waals surface area (Å²) in [6, 6.07) is 8.23. The number of nitrogens with zero attached hydrogens (tertiary/aromatic N) is 5. The molecule has 0 atom stereocenters. The number of fused-ring (bicyclic) bond motifs is 1. The average molecular weight is 282 g/mol. The number of aromatic nitrogens is 4. The van der Waals surface area contributed by atoms with E-state index in [0.717, 1.165) is 16.7 Å². The Morgan fingerprint density at radius 1 is 1.24 bits per heavy atom. The average Bonchev–Trinajstić information content (AvgIpc) is 2.81. The number of hydrogen-bond donors (Lipinski definition) is 1. The van der Waals surface area contributed by atoms with Gasteiger partial charge in [-0.2, -0.15) is 5.10 Å². The van der Waals surface area contributed by atoms with Crippen molar-refractivity contribution in [1.29, 1.82) is 0 Å². The SMILES string of the molecule is Cc1ccccc1N(C)Cc1nc(N)c2cnn(C)c2n1. The van der Waals surface area contributed by atoms with Crippen LogP contribution in [0.5, 0.6) is 0 Å². The summed E-state index contributed by atoms with van der Waals surface area (Å²) in [6.45, 7) is 2.68. The van der Waals surface area contributed by atoms with Gasteiger partial charge in [0.2, 0.25) is 0 Å². The monoisotopic (exact) mass is 282 g/mol. The molecule has 0 unspecified atom stereocenters. The van der Waals surface area contributed by atoms with Crippen LogP contribution in [0.2, 0.25) is 0 Å². The molecular weight excluding hydrogens is 264 g/mol. The number of anilines is 2. The predicted octanol–water partition coefficient (Wildman–Crippen LogP) is 1.89. The number of benzene rings is 1. The molecule has 1 aromatic carbocycles. The molecule has 3 aromatic rings. The minimum Gasteiger partial charge on any atom is -0.383 e. The van der Waals surface area contributed by atoms with Gasteiger partial charge in [0.1, 0.15) is 5.82 Å². The lowest BCUT2D eigenvalue weighted by Gasteiger charge is -2.20. The van der Waals surface area contributed by atoms with Crippen molar-refractivity contribution in [2.24, 2.45) is 7.05 Å². The van der Waals surface area contributed by atoms with Crippen LogP contribution in [0.25, 0.3) is 11.0 Å². The van der Waals surface area contributed by atoms with Crippen molar-refractivity contribution in [3.8, 4) is 0 Å². The van der Waals surface area contributed by atoms with Gasteiger partial charge in [0.15, 0.2) is 11.5 Å². The van der Waals surface area contributed by atoms with Gasteiger partial charge in [0, 0.05) is 19.8 Å². The highest BCUT2D eigenvalue weighted by atomic mass is 15.3. The molecule has 0 aliphatic rings. The van der Waals surface area contributed by atoms with Crippen molar-refractivity contribution in [3.05, 3.63) is 41.9 Å². The molecule has 6 nitrogen and oxygen atoms in total. The molecule has 6 heteroatoms. The molecule has 2 aromatic heterocycles. The number of nitrogen functional groups attached to an aromatic ring is 1. The summed E-state index contributed by atoms with van der Waals surface area (Å²) < 4.78 is 1.71. The maximum Gasteiger partial charge on any atom is 0.163 e. The molecule has 0 spiro atoms. The van der Waals surface area contributed by atoms with Crippen molar-refractivity contribution in [2.45, 2.75) is 13.5 Å². The second kappa shape index (κ2) is 5.05. The van der Waals surface area contributed by atoms with E-state index in [1.54, 1.807) is 10.9 Å². The highest BCUT2D eigenvalue weighted by Crippen LogP contribution is 2.21. The molecule has 0 bridgehead atoms. The summed E-state index contributed by atoms with van der Waals surface area (Å²) in [5.41, 5.74) is 9.13. The van der Waals surface area contributed by atoms with Crippen molar-refractivity contribution in [1.82, 2.24) is 19.7 Å². The number of aryl methyl sites for hydroxylation is 2. The lowest BCUT2D eigenvalue weighted by molar-refractivity contribution is 0.773. The van der Waals surface area contributed by atoms with E-state index < -0.39 is 0 Å². The topological polar surface area (TPSA) is 72.9 Å². The largest absolute Gasteiger partial charge is 0.383 e. The molecule has 108 valence electrons. The smallest absolute Gasteiger partial charge is 0.163 e. The van der Waals surface area contributed by atoms with Crippen LogP contribution in [0.4, 0.5) is 11.5 Å². The van der Waals surface area contributed by atoms with Crippen molar-refractivity contribution < 1.29 is 0 Å². The maximum absolute atomic E-state index is 5.99. The molecule has 0 saturated carbocycles. The Labute approximate surface area is 123 Å². The summed E-state index contributed by atoms with van der Waals surface area (Å²) in [4.78, 5) is 11.1. The van der Waals surface area contributed by atoms with E-state index in [-0.39, 0.29) is 0 Å². The fraction of sp³-hybridized carbons (Fsp3) is 0.267. The third-order valence-corrected chi connectivity index (χ3v) is 3.57. The number of hydrogen-bond acceptors (Lipinski definition) is 5. The van der Waals surface area contributed by atoms with Gasteiger partial charge in [-0.05, 0) is 18.6 Å². The normalized spacial score (nSPS) is 11.0. The van der Waals surface area contributed by atoms with Crippen LogP contribution < -0.4 is 10.6 Å². The van der Waals surface area contributed by atoms with Crippen LogP contribution in [0, 0.1) is 6.92 Å². The summed E-state index contributed by atoms with van der Waals surface area (Å²) in [5, 5.41) is 4.96. The zero-order chi connectivity index (χ0) is 15.0. The molecule has 0 aliphatic heterocycles. The van der Waals surface area contributed by atoms with E-state index in [2.05, 4.69) is 39.0 Å². The molecule has 0 fully saturated rings. The highest BCUT2D eigenvalue weighted by Gasteiger charge is 2.12. The highest BCUT2D eigenvalue weighted by molar-refractivity contribution is 5.84. The van der Waals surface area contributed by atoms with E-state index in [9.17, 15) is 0 Å². The standard InChI is InChI=1S/C15H18N6/c1-10-6-4-5-7-12(10)20(2)9-13-18-14(16)11-8-17-21(3)15(11)19-13/h4-8H,9H2,1-3H3,(H2,16,18,19). The van der Waals surface area contributed by atoms with E-state index in [4.69, 9.17) is 5.73 Å². The van der Waals surface area contributed by atoms with Crippen LogP contribution in [0.1, 0.15) is 11.4 Å². The Balaban J connectivity index is 1.94. The Kier molecular flexibility index (Phi) is 3.21. The molecule has 0 radical (unpaired) electrons. The minimum atomic E-state index is 0.473. The Bertz CT molecular complexity index is 792. The van der Waals surface area contributed by atoms with Crippen LogP contribution >= 0.6 is 0 Å². The lowest BCUT2D eigenvalue weighted by atomic mass is 10.2. The first kappa shape index (κ1) is 13.4. The lowest BCUT2D eigenvalue weighted by Crippen LogP contribution is -2.19. The van der Waals surface area contributed by atoms with E-state index in [1.165, 1.54) is 5.56 Å². The minimum absolute atomic E-state index is 0.473. The Morgan fingerprint density at radius 2 is 2.00 bits per heavy atom. The fourth-order valence-corrected chi connectivity index (χ4v) is 2.45. The second-order valence-electron chi connectivity index (χ2n) is 5.17. The molecule has 0 saturated heterocycles. The van der Waals surface area contributed by atoms with Crippen molar-refractivity contribution in [3.63, 3.8) is 0 Å². The fourth-order valence-electron chi connectivity index (χ4n) is 2.45. The summed E-state index contributed by atoms with van der Waals surface area (Å²) in [6.07, 6.45) is 1.69. The van der Waals surface area contributed by atoms with Crippen LogP contribution in [0.15, 0.2) is 30.5 Å². The predicted molar refractivity (Wildman–Crippen MR) is 84.0 cm³/mol. The third-order valence-electron chi connectivity index (χ3n) is 3.57. The van der Waals surface area contributed by atoms with E-state index in [0.29, 0.717) is 18.2 Å². The van der Waals surface area contributed by atoms with E-state index >= 15 is 0 Å². The van der Waals surface area contributed by atoms with E-state index in [1.807, 2.05) is 26.2 Å². The second-order valence-corrected chi connectivity index (χ2v) is 5.17. The van der Waals surface area contributed by atoms with Gasteiger partial charge in [0.25, 0.3) is 0 Å². The van der Waals surface area contributed by atoms with Crippen molar-refractivity contribution >= 4 is 22.5 Å². The molecule has 2 heterocycles. The van der Waals surface area contributed by atoms with Gasteiger partial charge in [-0.25, -0.2) is 9.97 Å². The summed E-state index contributed by atoms with van der Waals surface area (Å²) >= 11 is 0. The first-order valence-corrected chi connectivity index (χ1v) is 6.77. The third kappa shape index (κ3) is 2.40. The Hall–Kier alpha value is -2.63. The number of para-hydroxylation sites is 1. The summed E-state index contributed by atoms with van der Waals surface area (Å²) in [5.74, 6) is 1.16. The summed E-state index contributed by atoms with van der Waals surface area (Å²) in [7, 11) is 3.87. The van der Waals surface area contributed by atoms with Crippen LogP contribution in [-0.2, 0) is 13.6 Å². The quantitative estimate of drug-likeness (QED) is 0.794. The molecule has 3 rings (SSSR count). The first-order chi connectivity index (χ1) is 10.1. The molecule has 0 aliphatic carbocycles. The van der Waals surface area contributed by atoms with Gasteiger partial charge in [-0.1, -0.05) is 18.2 Å². The van der Waals surface area contributed by atoms with Crippen molar-refractivity contribution in [2.75, 3.05) is 17.7 Å². The molecule has 21 heavy (non-hydrogen) atoms. The van der Waals surface area contributed by atoms with Gasteiger partial charge in [-0.15, -0.1) is 0 Å². The van der Waals surface area contributed by atoms with Gasteiger partial charge >= 0.3 is 0 Å². The number of nitrogens with two attached hydrogens (primary N) is 1. The van der Waals surface area contributed by atoms with Gasteiger partial charge in [0.05, 0.1) is 18.1 Å². The van der Waals surface area contributed by atoms with Crippen LogP contribution in [0.3, 0.4) is 0 Å². The zero-order valence-corrected chi connectivity index (χ0v) is 12.4. The maximum atomic E-state index is 5.99.